The van der Waals surface area contributed by atoms with Gasteiger partial charge >= 0.3 is 0 Å². The van der Waals surface area contributed by atoms with Gasteiger partial charge in [-0.2, -0.15) is 8.42 Å². The van der Waals surface area contributed by atoms with E-state index >= 15 is 0 Å². The Morgan fingerprint density at radius 2 is 2.05 bits per heavy atom. The Balaban J connectivity index is 2.04. The maximum Gasteiger partial charge on any atom is 0.291 e. The van der Waals surface area contributed by atoms with Crippen LogP contribution in [0.2, 0.25) is 0 Å². The molecule has 0 N–H and O–H groups in total. The van der Waals surface area contributed by atoms with Gasteiger partial charge in [-0.05, 0) is 48.4 Å². The molecule has 4 nitrogen and oxygen atoms in total. The molecular weight excluding hydrogens is 316 g/mol. The van der Waals surface area contributed by atoms with Crippen LogP contribution in [0.3, 0.4) is 0 Å². The van der Waals surface area contributed by atoms with Crippen LogP contribution in [0.25, 0.3) is 0 Å². The van der Waals surface area contributed by atoms with E-state index in [9.17, 15) is 8.42 Å². The molecule has 2 aromatic rings. The second kappa shape index (κ2) is 6.01. The summed E-state index contributed by atoms with van der Waals surface area (Å²) < 4.78 is 27.5. The van der Waals surface area contributed by atoms with Crippen molar-refractivity contribution in [2.45, 2.75) is 37.4 Å². The van der Waals surface area contributed by atoms with Gasteiger partial charge in [0.1, 0.15) is 0 Å². The topological polar surface area (TPSA) is 50.3 Å². The van der Waals surface area contributed by atoms with Crippen LogP contribution >= 0.6 is 11.3 Å². The van der Waals surface area contributed by atoms with E-state index in [0.717, 1.165) is 36.3 Å². The van der Waals surface area contributed by atoms with E-state index in [-0.39, 0.29) is 10.3 Å². The Labute approximate surface area is 135 Å². The lowest BCUT2D eigenvalue weighted by Crippen LogP contribution is -2.34. The van der Waals surface area contributed by atoms with Crippen molar-refractivity contribution in [3.05, 3.63) is 40.9 Å². The average molecular weight is 336 g/mol. The summed E-state index contributed by atoms with van der Waals surface area (Å²) in [7, 11) is -3.58. The zero-order valence-corrected chi connectivity index (χ0v) is 14.5. The lowest BCUT2D eigenvalue weighted by atomic mass is 10.1. The fourth-order valence-corrected chi connectivity index (χ4v) is 5.37. The maximum absolute atomic E-state index is 12.9. The van der Waals surface area contributed by atoms with Crippen LogP contribution in [0.5, 0.6) is 0 Å². The van der Waals surface area contributed by atoms with Crippen molar-refractivity contribution in [2.75, 3.05) is 10.8 Å². The lowest BCUT2D eigenvalue weighted by molar-refractivity contribution is 0.577. The third-order valence-electron chi connectivity index (χ3n) is 3.82. The Bertz CT molecular complexity index is 752. The highest BCUT2D eigenvalue weighted by Gasteiger charge is 2.28. The first-order valence-corrected chi connectivity index (χ1v) is 9.84. The van der Waals surface area contributed by atoms with Crippen molar-refractivity contribution >= 4 is 27.0 Å². The minimum atomic E-state index is -3.58. The smallest absolute Gasteiger partial charge is 0.264 e. The van der Waals surface area contributed by atoms with Crippen molar-refractivity contribution in [1.82, 2.24) is 4.98 Å². The van der Waals surface area contributed by atoms with E-state index in [0.29, 0.717) is 6.54 Å². The van der Waals surface area contributed by atoms with Gasteiger partial charge in [0.15, 0.2) is 0 Å². The van der Waals surface area contributed by atoms with Gasteiger partial charge in [-0.1, -0.05) is 19.9 Å². The Kier molecular flexibility index (Phi) is 4.23. The minimum Gasteiger partial charge on any atom is -0.264 e. The summed E-state index contributed by atoms with van der Waals surface area (Å²) in [5, 5.41) is 1.70. The molecule has 1 aromatic heterocycles. The molecule has 0 radical (unpaired) electrons. The molecule has 1 heterocycles. The van der Waals surface area contributed by atoms with Crippen LogP contribution in [0.1, 0.15) is 31.4 Å². The first-order chi connectivity index (χ1) is 10.5. The molecule has 6 heteroatoms. The number of hydrogen-bond acceptors (Lipinski definition) is 4. The number of aromatic nitrogens is 1. The van der Waals surface area contributed by atoms with Crippen molar-refractivity contribution in [1.29, 1.82) is 0 Å². The molecule has 0 atom stereocenters. The van der Waals surface area contributed by atoms with E-state index in [1.165, 1.54) is 21.6 Å². The molecule has 3 rings (SSSR count). The third-order valence-corrected chi connectivity index (χ3v) is 6.79. The highest BCUT2D eigenvalue weighted by atomic mass is 32.2. The number of sulfonamides is 1. The van der Waals surface area contributed by atoms with E-state index in [4.69, 9.17) is 0 Å². The second-order valence-corrected chi connectivity index (χ2v) is 8.97. The summed E-state index contributed by atoms with van der Waals surface area (Å²) in [4.78, 5) is 4.00. The van der Waals surface area contributed by atoms with Crippen molar-refractivity contribution in [2.24, 2.45) is 5.92 Å². The number of aryl methyl sites for hydroxylation is 2. The standard InChI is InChI=1S/C16H20N2O2S2/c1-12(2)11-18(22(19,20)16-17-8-9-21-16)15-7-6-13-4-3-5-14(13)10-15/h6-10,12H,3-5,11H2,1-2H3. The summed E-state index contributed by atoms with van der Waals surface area (Å²) in [6.45, 7) is 4.51. The molecule has 0 fully saturated rings. The van der Waals surface area contributed by atoms with Gasteiger partial charge in [-0.15, -0.1) is 11.3 Å². The van der Waals surface area contributed by atoms with E-state index < -0.39 is 10.0 Å². The monoisotopic (exact) mass is 336 g/mol. The molecule has 0 amide bonds. The van der Waals surface area contributed by atoms with Crippen LogP contribution in [-0.4, -0.2) is 19.9 Å². The normalized spacial score (nSPS) is 14.3. The van der Waals surface area contributed by atoms with Crippen LogP contribution in [-0.2, 0) is 22.9 Å². The van der Waals surface area contributed by atoms with Crippen LogP contribution < -0.4 is 4.31 Å². The molecule has 0 spiro atoms. The molecule has 1 aliphatic rings. The van der Waals surface area contributed by atoms with Gasteiger partial charge in [-0.25, -0.2) is 4.98 Å². The fourth-order valence-electron chi connectivity index (χ4n) is 2.82. The zero-order valence-electron chi connectivity index (χ0n) is 12.8. The van der Waals surface area contributed by atoms with Gasteiger partial charge in [0, 0.05) is 18.1 Å². The van der Waals surface area contributed by atoms with Crippen LogP contribution in [0.4, 0.5) is 5.69 Å². The number of fused-ring (bicyclic) bond motifs is 1. The molecule has 0 unspecified atom stereocenters. The van der Waals surface area contributed by atoms with E-state index in [1.54, 1.807) is 5.38 Å². The van der Waals surface area contributed by atoms with Crippen molar-refractivity contribution in [3.8, 4) is 0 Å². The number of anilines is 1. The molecule has 0 bridgehead atoms. The SMILES string of the molecule is CC(C)CN(c1ccc2c(c1)CCC2)S(=O)(=O)c1nccs1. The van der Waals surface area contributed by atoms with E-state index in [2.05, 4.69) is 11.1 Å². The van der Waals surface area contributed by atoms with E-state index in [1.807, 2.05) is 26.0 Å². The molecule has 0 aliphatic heterocycles. The molecule has 0 saturated carbocycles. The molecule has 118 valence electrons. The highest BCUT2D eigenvalue weighted by molar-refractivity contribution is 7.94. The van der Waals surface area contributed by atoms with Crippen LogP contribution in [0.15, 0.2) is 34.1 Å². The van der Waals surface area contributed by atoms with Crippen molar-refractivity contribution < 1.29 is 8.42 Å². The summed E-state index contributed by atoms with van der Waals surface area (Å²) in [5.41, 5.74) is 3.38. The molecule has 1 aromatic carbocycles. The molecule has 22 heavy (non-hydrogen) atoms. The Morgan fingerprint density at radius 3 is 2.73 bits per heavy atom. The summed E-state index contributed by atoms with van der Waals surface area (Å²) in [6.07, 6.45) is 4.82. The first-order valence-electron chi connectivity index (χ1n) is 7.52. The van der Waals surface area contributed by atoms with Crippen molar-refractivity contribution in [3.63, 3.8) is 0 Å². The minimum absolute atomic E-state index is 0.161. The average Bonchev–Trinajstić information content (AvgIpc) is 3.14. The lowest BCUT2D eigenvalue weighted by Gasteiger charge is -2.25. The number of benzene rings is 1. The predicted molar refractivity (Wildman–Crippen MR) is 90.0 cm³/mol. The summed E-state index contributed by atoms with van der Waals surface area (Å²) in [6, 6.07) is 6.04. The summed E-state index contributed by atoms with van der Waals surface area (Å²) in [5.74, 6) is 0.239. The van der Waals surface area contributed by atoms with Gasteiger partial charge in [0.25, 0.3) is 10.0 Å². The molecule has 1 aliphatic carbocycles. The van der Waals surface area contributed by atoms with Crippen LogP contribution in [0, 0.1) is 5.92 Å². The molecular formula is C16H20N2O2S2. The highest BCUT2D eigenvalue weighted by Crippen LogP contribution is 2.31. The number of hydrogen-bond donors (Lipinski definition) is 0. The first kappa shape index (κ1) is 15.5. The number of thiazole rings is 1. The second-order valence-electron chi connectivity index (χ2n) is 6.03. The van der Waals surface area contributed by atoms with Gasteiger partial charge in [0.05, 0.1) is 5.69 Å². The van der Waals surface area contributed by atoms with Gasteiger partial charge in [0.2, 0.25) is 4.34 Å². The Hall–Kier alpha value is -1.40. The zero-order chi connectivity index (χ0) is 15.7. The fraction of sp³-hybridized carbons (Fsp3) is 0.438. The largest absolute Gasteiger partial charge is 0.291 e. The number of nitrogens with zero attached hydrogens (tertiary/aromatic N) is 2. The predicted octanol–water partition coefficient (Wildman–Crippen LogP) is 3.48. The maximum atomic E-state index is 12.9. The van der Waals surface area contributed by atoms with Gasteiger partial charge < -0.3 is 0 Å². The third kappa shape index (κ3) is 2.90. The quantitative estimate of drug-likeness (QED) is 0.840. The Morgan fingerprint density at radius 1 is 1.27 bits per heavy atom. The summed E-state index contributed by atoms with van der Waals surface area (Å²) >= 11 is 1.16. The molecule has 0 saturated heterocycles. The number of rotatable bonds is 5. The van der Waals surface area contributed by atoms with Gasteiger partial charge in [-0.3, -0.25) is 4.31 Å².